The maximum atomic E-state index is 13.1. The molecule has 3 aromatic rings. The van der Waals surface area contributed by atoms with Crippen LogP contribution in [0, 0.1) is 6.92 Å². The molecule has 0 saturated heterocycles. The monoisotopic (exact) mass is 348 g/mol. The maximum Gasteiger partial charge on any atom is 0.299 e. The number of hydrogen-bond donors (Lipinski definition) is 0. The minimum atomic E-state index is -0.490. The zero-order valence-corrected chi connectivity index (χ0v) is 15.7. The first-order valence-electron chi connectivity index (χ1n) is 8.98. The Morgan fingerprint density at radius 1 is 1.00 bits per heavy atom. The predicted molar refractivity (Wildman–Crippen MR) is 106 cm³/mol. The Labute approximate surface area is 154 Å². The van der Waals surface area contributed by atoms with Gasteiger partial charge in [-0.3, -0.25) is 9.59 Å². The van der Waals surface area contributed by atoms with E-state index in [0.29, 0.717) is 12.1 Å². The number of amides is 1. The van der Waals surface area contributed by atoms with Crippen LogP contribution in [0.4, 0.5) is 5.69 Å². The molecule has 0 spiro atoms. The largest absolute Gasteiger partial charge is 0.347 e. The number of hydrogen-bond acceptors (Lipinski definition) is 2. The molecule has 1 amide bonds. The first-order valence-corrected chi connectivity index (χ1v) is 8.98. The van der Waals surface area contributed by atoms with E-state index in [1.165, 1.54) is 5.56 Å². The van der Waals surface area contributed by atoms with Crippen molar-refractivity contribution >= 4 is 28.3 Å². The SMILES string of the molecule is CCc1ccc(N(CC)C(=O)C(=O)c2c(C)n(C)c3ccccc23)cc1. The van der Waals surface area contributed by atoms with E-state index in [4.69, 9.17) is 0 Å². The molecule has 1 aromatic heterocycles. The number of benzene rings is 2. The summed E-state index contributed by atoms with van der Waals surface area (Å²) in [6.07, 6.45) is 0.939. The quantitative estimate of drug-likeness (QED) is 0.510. The molecule has 0 saturated carbocycles. The van der Waals surface area contributed by atoms with Gasteiger partial charge in [-0.1, -0.05) is 37.3 Å². The van der Waals surface area contributed by atoms with Gasteiger partial charge in [-0.2, -0.15) is 0 Å². The number of fused-ring (bicyclic) bond motifs is 1. The minimum absolute atomic E-state index is 0.444. The van der Waals surface area contributed by atoms with E-state index in [1.807, 2.05) is 74.0 Å². The summed E-state index contributed by atoms with van der Waals surface area (Å²) in [6.45, 7) is 6.30. The van der Waals surface area contributed by atoms with E-state index in [1.54, 1.807) is 4.90 Å². The van der Waals surface area contributed by atoms with Crippen LogP contribution in [-0.4, -0.2) is 22.8 Å². The molecule has 2 aromatic carbocycles. The maximum absolute atomic E-state index is 13.1. The Morgan fingerprint density at radius 2 is 1.65 bits per heavy atom. The van der Waals surface area contributed by atoms with Gasteiger partial charge in [-0.25, -0.2) is 0 Å². The van der Waals surface area contributed by atoms with E-state index in [9.17, 15) is 9.59 Å². The molecule has 0 bridgehead atoms. The molecule has 26 heavy (non-hydrogen) atoms. The smallest absolute Gasteiger partial charge is 0.299 e. The standard InChI is InChI=1S/C22H24N2O2/c1-5-16-11-13-17(14-12-16)24(6-2)22(26)21(25)20-15(3)23(4)19-10-8-7-9-18(19)20/h7-14H,5-6H2,1-4H3. The molecule has 0 aliphatic carbocycles. The third-order valence-electron chi connectivity index (χ3n) is 5.04. The van der Waals surface area contributed by atoms with E-state index in [2.05, 4.69) is 6.92 Å². The average Bonchev–Trinajstić information content (AvgIpc) is 2.93. The van der Waals surface area contributed by atoms with Gasteiger partial charge in [0.05, 0.1) is 5.56 Å². The van der Waals surface area contributed by atoms with Gasteiger partial charge in [-0.05, 0) is 44.0 Å². The van der Waals surface area contributed by atoms with Crippen LogP contribution < -0.4 is 4.90 Å². The topological polar surface area (TPSA) is 42.3 Å². The van der Waals surface area contributed by atoms with Crippen molar-refractivity contribution in [2.45, 2.75) is 27.2 Å². The van der Waals surface area contributed by atoms with Crippen LogP contribution in [-0.2, 0) is 18.3 Å². The number of para-hydroxylation sites is 1. The number of aryl methyl sites for hydroxylation is 2. The molecule has 0 aliphatic heterocycles. The number of ketones is 1. The van der Waals surface area contributed by atoms with Crippen LogP contribution in [0.5, 0.6) is 0 Å². The Balaban J connectivity index is 2.01. The fourth-order valence-electron chi connectivity index (χ4n) is 3.39. The van der Waals surface area contributed by atoms with Crippen LogP contribution in [0.15, 0.2) is 48.5 Å². The van der Waals surface area contributed by atoms with Gasteiger partial charge in [0.2, 0.25) is 0 Å². The lowest BCUT2D eigenvalue weighted by atomic mass is 10.1. The summed E-state index contributed by atoms with van der Waals surface area (Å²) in [4.78, 5) is 27.6. The van der Waals surface area contributed by atoms with Gasteiger partial charge >= 0.3 is 0 Å². The molecule has 0 unspecified atom stereocenters. The summed E-state index contributed by atoms with van der Waals surface area (Å²) in [7, 11) is 1.92. The molecule has 0 N–H and O–H groups in total. The Morgan fingerprint density at radius 3 is 2.27 bits per heavy atom. The van der Waals surface area contributed by atoms with Crippen molar-refractivity contribution in [3.63, 3.8) is 0 Å². The average molecular weight is 348 g/mol. The summed E-state index contributed by atoms with van der Waals surface area (Å²) in [5.41, 5.74) is 4.21. The van der Waals surface area contributed by atoms with Crippen molar-refractivity contribution in [1.82, 2.24) is 4.57 Å². The molecule has 4 nitrogen and oxygen atoms in total. The number of nitrogens with zero attached hydrogens (tertiary/aromatic N) is 2. The van der Waals surface area contributed by atoms with E-state index >= 15 is 0 Å². The minimum Gasteiger partial charge on any atom is -0.347 e. The van der Waals surface area contributed by atoms with Crippen molar-refractivity contribution in [3.8, 4) is 0 Å². The second-order valence-corrected chi connectivity index (χ2v) is 6.44. The van der Waals surface area contributed by atoms with Gasteiger partial charge < -0.3 is 9.47 Å². The fourth-order valence-corrected chi connectivity index (χ4v) is 3.39. The first kappa shape index (κ1) is 17.9. The second-order valence-electron chi connectivity index (χ2n) is 6.44. The molecular formula is C22H24N2O2. The number of aromatic nitrogens is 1. The summed E-state index contributed by atoms with van der Waals surface area (Å²) in [6, 6.07) is 15.5. The van der Waals surface area contributed by atoms with E-state index in [-0.39, 0.29) is 0 Å². The number of Topliss-reactive ketones (excluding diaryl/α,β-unsaturated/α-hetero) is 1. The van der Waals surface area contributed by atoms with Gasteiger partial charge in [0.25, 0.3) is 11.7 Å². The van der Waals surface area contributed by atoms with Gasteiger partial charge in [-0.15, -0.1) is 0 Å². The lowest BCUT2D eigenvalue weighted by molar-refractivity contribution is -0.114. The number of likely N-dealkylation sites (N-methyl/N-ethyl adjacent to an activating group) is 1. The summed E-state index contributed by atoms with van der Waals surface area (Å²) < 4.78 is 1.96. The third kappa shape index (κ3) is 2.92. The Bertz CT molecular complexity index is 968. The molecule has 3 rings (SSSR count). The lowest BCUT2D eigenvalue weighted by Crippen LogP contribution is -2.36. The molecule has 0 radical (unpaired) electrons. The van der Waals surface area contributed by atoms with Crippen molar-refractivity contribution in [3.05, 3.63) is 65.4 Å². The van der Waals surface area contributed by atoms with Gasteiger partial charge in [0.15, 0.2) is 0 Å². The number of carbonyl (C=O) groups is 2. The number of carbonyl (C=O) groups excluding carboxylic acids is 2. The molecule has 134 valence electrons. The summed E-state index contributed by atoms with van der Waals surface area (Å²) in [5, 5.41) is 0.822. The highest BCUT2D eigenvalue weighted by molar-refractivity contribution is 6.49. The van der Waals surface area contributed by atoms with Crippen LogP contribution >= 0.6 is 0 Å². The molecular weight excluding hydrogens is 324 g/mol. The highest BCUT2D eigenvalue weighted by atomic mass is 16.2. The fraction of sp³-hybridized carbons (Fsp3) is 0.273. The van der Waals surface area contributed by atoms with E-state index < -0.39 is 11.7 Å². The highest BCUT2D eigenvalue weighted by Crippen LogP contribution is 2.26. The summed E-state index contributed by atoms with van der Waals surface area (Å²) >= 11 is 0. The lowest BCUT2D eigenvalue weighted by Gasteiger charge is -2.20. The Kier molecular flexibility index (Phi) is 4.94. The first-order chi connectivity index (χ1) is 12.5. The Hall–Kier alpha value is -2.88. The predicted octanol–water partition coefficient (Wildman–Crippen LogP) is 4.28. The molecule has 0 aliphatic rings. The van der Waals surface area contributed by atoms with Crippen molar-refractivity contribution in [2.75, 3.05) is 11.4 Å². The third-order valence-corrected chi connectivity index (χ3v) is 5.04. The second kappa shape index (κ2) is 7.16. The number of rotatable bonds is 5. The van der Waals surface area contributed by atoms with Crippen LogP contribution in [0.25, 0.3) is 10.9 Å². The zero-order valence-electron chi connectivity index (χ0n) is 15.7. The van der Waals surface area contributed by atoms with Crippen LogP contribution in [0.3, 0.4) is 0 Å². The van der Waals surface area contributed by atoms with Gasteiger partial charge in [0, 0.05) is 35.9 Å². The van der Waals surface area contributed by atoms with Crippen molar-refractivity contribution in [2.24, 2.45) is 7.05 Å². The highest BCUT2D eigenvalue weighted by Gasteiger charge is 2.28. The summed E-state index contributed by atoms with van der Waals surface area (Å²) in [5.74, 6) is -0.947. The zero-order chi connectivity index (χ0) is 18.8. The number of anilines is 1. The molecule has 4 heteroatoms. The molecule has 0 atom stereocenters. The van der Waals surface area contributed by atoms with Crippen LogP contribution in [0.2, 0.25) is 0 Å². The van der Waals surface area contributed by atoms with Crippen molar-refractivity contribution in [1.29, 1.82) is 0 Å². The molecule has 1 heterocycles. The van der Waals surface area contributed by atoms with Crippen molar-refractivity contribution < 1.29 is 9.59 Å². The molecule has 0 fully saturated rings. The van der Waals surface area contributed by atoms with Gasteiger partial charge in [0.1, 0.15) is 0 Å². The van der Waals surface area contributed by atoms with E-state index in [0.717, 1.165) is 28.7 Å². The van der Waals surface area contributed by atoms with Crippen LogP contribution in [0.1, 0.15) is 35.5 Å². The normalized spacial score (nSPS) is 10.9.